The number of carbonyl (C=O) groups excluding carboxylic acids is 2. The van der Waals surface area contributed by atoms with Gasteiger partial charge in [-0.05, 0) is 52.7 Å². The van der Waals surface area contributed by atoms with Crippen molar-refractivity contribution in [1.29, 1.82) is 0 Å². The Balaban J connectivity index is 0.000000234. The molecular weight excluding hydrogens is 436 g/mol. The van der Waals surface area contributed by atoms with Gasteiger partial charge in [0.05, 0.1) is 25.3 Å². The van der Waals surface area contributed by atoms with E-state index in [1.807, 2.05) is 12.1 Å². The Labute approximate surface area is 178 Å². The normalized spacial score (nSPS) is 9.79. The molecule has 0 saturated heterocycles. The average Bonchev–Trinajstić information content (AvgIpc) is 2.74. The molecule has 0 fully saturated rings. The number of carbonyl (C=O) groups is 2. The minimum Gasteiger partial charge on any atom is -0.465 e. The summed E-state index contributed by atoms with van der Waals surface area (Å²) in [5, 5.41) is 0. The van der Waals surface area contributed by atoms with Crippen LogP contribution >= 0.6 is 15.9 Å². The van der Waals surface area contributed by atoms with Gasteiger partial charge in [-0.25, -0.2) is 14.6 Å². The summed E-state index contributed by atoms with van der Waals surface area (Å²) >= 11 is 3.15. The number of methoxy groups -OCH3 is 2. The van der Waals surface area contributed by atoms with Gasteiger partial charge in [-0.3, -0.25) is 4.98 Å². The molecule has 29 heavy (non-hydrogen) atoms. The fraction of sp³-hybridized carbons (Fsp3) is 0.182. The summed E-state index contributed by atoms with van der Waals surface area (Å²) in [4.78, 5) is 30.2. The Kier molecular flexibility index (Phi) is 8.48. The molecule has 0 unspecified atom stereocenters. The molecule has 0 bridgehead atoms. The molecule has 3 rings (SSSR count). The van der Waals surface area contributed by atoms with E-state index >= 15 is 0 Å². The zero-order valence-electron chi connectivity index (χ0n) is 16.4. The first kappa shape index (κ1) is 22.2. The third-order valence-electron chi connectivity index (χ3n) is 3.86. The van der Waals surface area contributed by atoms with Gasteiger partial charge in [-0.2, -0.15) is 0 Å². The Morgan fingerprint density at radius 3 is 2.00 bits per heavy atom. The minimum atomic E-state index is -0.370. The molecule has 0 aliphatic rings. The predicted octanol–water partition coefficient (Wildman–Crippen LogP) is 4.40. The van der Waals surface area contributed by atoms with Crippen LogP contribution in [0.2, 0.25) is 0 Å². The van der Waals surface area contributed by atoms with Gasteiger partial charge in [0, 0.05) is 24.5 Å². The van der Waals surface area contributed by atoms with Crippen molar-refractivity contribution in [1.82, 2.24) is 9.97 Å². The molecule has 2 heterocycles. The molecule has 0 radical (unpaired) electrons. The maximum Gasteiger partial charge on any atom is 0.339 e. The first-order chi connectivity index (χ1) is 13.9. The van der Waals surface area contributed by atoms with Crippen LogP contribution in [0.4, 0.5) is 0 Å². The summed E-state index contributed by atoms with van der Waals surface area (Å²) in [6.45, 7) is 2.07. The second-order valence-electron chi connectivity index (χ2n) is 6.06. The number of halogens is 1. The maximum absolute atomic E-state index is 11.3. The molecule has 1 aromatic carbocycles. The fourth-order valence-electron chi connectivity index (χ4n) is 2.41. The molecule has 0 N–H and O–H groups in total. The number of rotatable bonds is 4. The zero-order chi connectivity index (χ0) is 21.2. The lowest BCUT2D eigenvalue weighted by Gasteiger charge is -2.03. The van der Waals surface area contributed by atoms with E-state index in [-0.39, 0.29) is 11.9 Å². The third-order valence-corrected chi connectivity index (χ3v) is 4.33. The summed E-state index contributed by atoms with van der Waals surface area (Å²) in [6.07, 6.45) is 3.77. The van der Waals surface area contributed by atoms with Gasteiger partial charge >= 0.3 is 11.9 Å². The third kappa shape index (κ3) is 7.12. The lowest BCUT2D eigenvalue weighted by atomic mass is 10.1. The largest absolute Gasteiger partial charge is 0.465 e. The SMILES string of the molecule is COC(=O)c1ccc(Br)nc1.COC(=O)c1ccc(Cc2cccc(C)c2)nc1. The summed E-state index contributed by atoms with van der Waals surface area (Å²) in [5.74, 6) is -0.727. The van der Waals surface area contributed by atoms with Crippen LogP contribution in [0.3, 0.4) is 0 Å². The van der Waals surface area contributed by atoms with E-state index < -0.39 is 0 Å². The molecular formula is C22H21BrN2O4. The monoisotopic (exact) mass is 456 g/mol. The first-order valence-electron chi connectivity index (χ1n) is 8.71. The van der Waals surface area contributed by atoms with Gasteiger partial charge in [-0.1, -0.05) is 29.8 Å². The van der Waals surface area contributed by atoms with Crippen LogP contribution in [0.1, 0.15) is 37.5 Å². The van der Waals surface area contributed by atoms with Crippen LogP contribution in [0.15, 0.2) is 65.5 Å². The molecule has 2 aromatic heterocycles. The number of aromatic nitrogens is 2. The summed E-state index contributed by atoms with van der Waals surface area (Å²) < 4.78 is 9.81. The van der Waals surface area contributed by atoms with E-state index in [0.29, 0.717) is 15.7 Å². The van der Waals surface area contributed by atoms with Crippen molar-refractivity contribution < 1.29 is 19.1 Å². The first-order valence-corrected chi connectivity index (χ1v) is 9.51. The van der Waals surface area contributed by atoms with Crippen molar-refractivity contribution in [2.24, 2.45) is 0 Å². The van der Waals surface area contributed by atoms with Crippen LogP contribution in [0.25, 0.3) is 0 Å². The lowest BCUT2D eigenvalue weighted by molar-refractivity contribution is 0.0591. The Morgan fingerprint density at radius 1 is 0.897 bits per heavy atom. The Morgan fingerprint density at radius 2 is 1.52 bits per heavy atom. The van der Waals surface area contributed by atoms with Crippen molar-refractivity contribution >= 4 is 27.9 Å². The van der Waals surface area contributed by atoms with Gasteiger partial charge < -0.3 is 9.47 Å². The van der Waals surface area contributed by atoms with Crippen LogP contribution in [0.5, 0.6) is 0 Å². The number of nitrogens with zero attached hydrogens (tertiary/aromatic N) is 2. The Bertz CT molecular complexity index is 957. The van der Waals surface area contributed by atoms with Crippen molar-refractivity contribution in [3.05, 3.63) is 93.5 Å². The number of esters is 2. The van der Waals surface area contributed by atoms with Crippen molar-refractivity contribution in [3.8, 4) is 0 Å². The van der Waals surface area contributed by atoms with E-state index in [0.717, 1.165) is 12.1 Å². The molecule has 7 heteroatoms. The van der Waals surface area contributed by atoms with Crippen LogP contribution in [-0.2, 0) is 15.9 Å². The highest BCUT2D eigenvalue weighted by Crippen LogP contribution is 2.10. The number of aryl methyl sites for hydroxylation is 1. The fourth-order valence-corrected chi connectivity index (χ4v) is 2.65. The van der Waals surface area contributed by atoms with Gasteiger partial charge in [0.1, 0.15) is 4.60 Å². The van der Waals surface area contributed by atoms with Crippen molar-refractivity contribution in [2.45, 2.75) is 13.3 Å². The molecule has 0 atom stereocenters. The topological polar surface area (TPSA) is 78.4 Å². The molecule has 0 saturated carbocycles. The smallest absolute Gasteiger partial charge is 0.339 e. The second-order valence-corrected chi connectivity index (χ2v) is 6.87. The Hall–Kier alpha value is -3.06. The van der Waals surface area contributed by atoms with Gasteiger partial charge in [0.15, 0.2) is 0 Å². The van der Waals surface area contributed by atoms with E-state index in [2.05, 4.69) is 60.5 Å². The predicted molar refractivity (Wildman–Crippen MR) is 113 cm³/mol. The molecule has 6 nitrogen and oxygen atoms in total. The number of ether oxygens (including phenoxy) is 2. The standard InChI is InChI=1S/C15H15NO2.C7H6BrNO2/c1-11-4-3-5-12(8-11)9-14-7-6-13(10-16-14)15(17)18-2;1-11-7(10)5-2-3-6(8)9-4-5/h3-8,10H,9H2,1-2H3;2-4H,1H3. The number of hydrogen-bond acceptors (Lipinski definition) is 6. The van der Waals surface area contributed by atoms with Crippen LogP contribution in [-0.4, -0.2) is 36.1 Å². The highest BCUT2D eigenvalue weighted by molar-refractivity contribution is 9.10. The number of pyridine rings is 2. The quantitative estimate of drug-likeness (QED) is 0.427. The molecule has 0 aliphatic heterocycles. The molecule has 150 valence electrons. The summed E-state index contributed by atoms with van der Waals surface area (Å²) in [5.41, 5.74) is 4.32. The minimum absolute atomic E-state index is 0.357. The molecule has 0 aliphatic carbocycles. The van der Waals surface area contributed by atoms with Gasteiger partial charge in [-0.15, -0.1) is 0 Å². The lowest BCUT2D eigenvalue weighted by Crippen LogP contribution is -2.02. The number of hydrogen-bond donors (Lipinski definition) is 0. The highest BCUT2D eigenvalue weighted by Gasteiger charge is 2.06. The van der Waals surface area contributed by atoms with Gasteiger partial charge in [0.2, 0.25) is 0 Å². The van der Waals surface area contributed by atoms with Gasteiger partial charge in [0.25, 0.3) is 0 Å². The van der Waals surface area contributed by atoms with E-state index in [1.54, 1.807) is 24.4 Å². The number of benzene rings is 1. The van der Waals surface area contributed by atoms with Crippen molar-refractivity contribution in [3.63, 3.8) is 0 Å². The van der Waals surface area contributed by atoms with E-state index in [9.17, 15) is 9.59 Å². The molecule has 0 spiro atoms. The van der Waals surface area contributed by atoms with Crippen molar-refractivity contribution in [2.75, 3.05) is 14.2 Å². The summed E-state index contributed by atoms with van der Waals surface area (Å²) in [7, 11) is 2.70. The maximum atomic E-state index is 11.3. The zero-order valence-corrected chi connectivity index (χ0v) is 18.0. The van der Waals surface area contributed by atoms with Crippen LogP contribution in [0, 0.1) is 6.92 Å². The van der Waals surface area contributed by atoms with E-state index in [4.69, 9.17) is 0 Å². The summed E-state index contributed by atoms with van der Waals surface area (Å²) in [6, 6.07) is 15.2. The molecule has 3 aromatic rings. The average molecular weight is 457 g/mol. The molecule has 0 amide bonds. The van der Waals surface area contributed by atoms with Crippen LogP contribution < -0.4 is 0 Å². The second kappa shape index (κ2) is 11.1. The highest BCUT2D eigenvalue weighted by atomic mass is 79.9. The van der Waals surface area contributed by atoms with E-state index in [1.165, 1.54) is 31.5 Å².